The van der Waals surface area contributed by atoms with Gasteiger partial charge in [0.05, 0.1) is 11.3 Å². The van der Waals surface area contributed by atoms with Gasteiger partial charge < -0.3 is 10.2 Å². The van der Waals surface area contributed by atoms with Gasteiger partial charge in [-0.1, -0.05) is 53.5 Å². The van der Waals surface area contributed by atoms with Gasteiger partial charge in [-0.2, -0.15) is 0 Å². The predicted octanol–water partition coefficient (Wildman–Crippen LogP) is 5.79. The molecule has 0 saturated carbocycles. The number of benzene rings is 3. The SMILES string of the molecule is CCN(C(=O)c1ccccc1NC(=S)NC(=O)c1cc(Cl)cc(Cl)c1)c1ccccc1. The summed E-state index contributed by atoms with van der Waals surface area (Å²) in [6, 6.07) is 20.9. The Balaban J connectivity index is 1.77. The molecule has 0 aliphatic heterocycles. The lowest BCUT2D eigenvalue weighted by Gasteiger charge is -2.23. The minimum absolute atomic E-state index is 0.0455. The third-order valence-electron chi connectivity index (χ3n) is 4.39. The second-order valence-corrected chi connectivity index (χ2v) is 7.78. The summed E-state index contributed by atoms with van der Waals surface area (Å²) < 4.78 is 0. The smallest absolute Gasteiger partial charge is 0.260 e. The first kappa shape index (κ1) is 22.7. The van der Waals surface area contributed by atoms with Crippen LogP contribution in [-0.4, -0.2) is 23.5 Å². The highest BCUT2D eigenvalue weighted by atomic mass is 35.5. The molecule has 0 unspecified atom stereocenters. The van der Waals surface area contributed by atoms with Crippen molar-refractivity contribution in [3.8, 4) is 0 Å². The van der Waals surface area contributed by atoms with Crippen molar-refractivity contribution >= 4 is 63.7 Å². The molecule has 0 spiro atoms. The van der Waals surface area contributed by atoms with Crippen LogP contribution in [0.2, 0.25) is 10.0 Å². The molecule has 0 aromatic heterocycles. The molecule has 0 bridgehead atoms. The zero-order valence-electron chi connectivity index (χ0n) is 16.6. The first-order chi connectivity index (χ1) is 14.9. The molecular weight excluding hydrogens is 453 g/mol. The van der Waals surface area contributed by atoms with Gasteiger partial charge in [-0.3, -0.25) is 14.9 Å². The number of halogens is 2. The highest BCUT2D eigenvalue weighted by Gasteiger charge is 2.20. The molecule has 0 aliphatic carbocycles. The number of carbonyl (C=O) groups is 2. The Morgan fingerprint density at radius 1 is 0.935 bits per heavy atom. The zero-order valence-corrected chi connectivity index (χ0v) is 18.9. The zero-order chi connectivity index (χ0) is 22.4. The topological polar surface area (TPSA) is 61.4 Å². The third kappa shape index (κ3) is 5.82. The van der Waals surface area contributed by atoms with Gasteiger partial charge in [0.2, 0.25) is 0 Å². The maximum absolute atomic E-state index is 13.2. The normalized spacial score (nSPS) is 10.3. The summed E-state index contributed by atoms with van der Waals surface area (Å²) >= 11 is 17.2. The van der Waals surface area contributed by atoms with Crippen molar-refractivity contribution in [2.75, 3.05) is 16.8 Å². The van der Waals surface area contributed by atoms with Gasteiger partial charge in [0, 0.05) is 27.8 Å². The molecule has 3 aromatic rings. The summed E-state index contributed by atoms with van der Waals surface area (Å²) in [5.74, 6) is -0.655. The molecule has 0 fully saturated rings. The first-order valence-corrected chi connectivity index (χ1v) is 10.6. The van der Waals surface area contributed by atoms with Gasteiger partial charge in [-0.15, -0.1) is 0 Å². The average molecular weight is 472 g/mol. The van der Waals surface area contributed by atoms with Crippen molar-refractivity contribution < 1.29 is 9.59 Å². The lowest BCUT2D eigenvalue weighted by molar-refractivity contribution is 0.0974. The fourth-order valence-corrected chi connectivity index (χ4v) is 3.72. The van der Waals surface area contributed by atoms with Gasteiger partial charge in [-0.25, -0.2) is 0 Å². The van der Waals surface area contributed by atoms with E-state index in [1.807, 2.05) is 37.3 Å². The van der Waals surface area contributed by atoms with E-state index in [9.17, 15) is 9.59 Å². The van der Waals surface area contributed by atoms with Crippen LogP contribution in [0.5, 0.6) is 0 Å². The van der Waals surface area contributed by atoms with E-state index < -0.39 is 5.91 Å². The van der Waals surface area contributed by atoms with Gasteiger partial charge in [0.15, 0.2) is 5.11 Å². The fourth-order valence-electron chi connectivity index (χ4n) is 2.99. The van der Waals surface area contributed by atoms with Gasteiger partial charge in [0.25, 0.3) is 11.8 Å². The van der Waals surface area contributed by atoms with E-state index in [0.29, 0.717) is 27.8 Å². The molecule has 2 amide bonds. The van der Waals surface area contributed by atoms with Crippen molar-refractivity contribution in [2.45, 2.75) is 6.92 Å². The molecule has 0 radical (unpaired) electrons. The predicted molar refractivity (Wildman–Crippen MR) is 130 cm³/mol. The highest BCUT2D eigenvalue weighted by molar-refractivity contribution is 7.80. The summed E-state index contributed by atoms with van der Waals surface area (Å²) in [6.45, 7) is 2.40. The van der Waals surface area contributed by atoms with Crippen molar-refractivity contribution in [3.63, 3.8) is 0 Å². The van der Waals surface area contributed by atoms with Crippen LogP contribution in [0.25, 0.3) is 0 Å². The van der Waals surface area contributed by atoms with E-state index >= 15 is 0 Å². The molecule has 8 heteroatoms. The lowest BCUT2D eigenvalue weighted by Crippen LogP contribution is -2.35. The van der Waals surface area contributed by atoms with E-state index in [1.54, 1.807) is 29.2 Å². The van der Waals surface area contributed by atoms with Crippen LogP contribution in [0, 0.1) is 0 Å². The van der Waals surface area contributed by atoms with E-state index in [0.717, 1.165) is 5.69 Å². The highest BCUT2D eigenvalue weighted by Crippen LogP contribution is 2.22. The Bertz CT molecular complexity index is 1100. The van der Waals surface area contributed by atoms with E-state index in [4.69, 9.17) is 35.4 Å². The number of hydrogen-bond acceptors (Lipinski definition) is 3. The maximum atomic E-state index is 13.2. The molecule has 3 rings (SSSR count). The number of hydrogen-bond donors (Lipinski definition) is 2. The van der Waals surface area contributed by atoms with Crippen molar-refractivity contribution in [2.24, 2.45) is 0 Å². The fraction of sp³-hybridized carbons (Fsp3) is 0.0870. The van der Waals surface area contributed by atoms with Crippen LogP contribution in [0.4, 0.5) is 11.4 Å². The Labute approximate surface area is 196 Å². The van der Waals surface area contributed by atoms with Crippen LogP contribution in [-0.2, 0) is 0 Å². The number of carbonyl (C=O) groups excluding carboxylic acids is 2. The number of para-hydroxylation sites is 2. The third-order valence-corrected chi connectivity index (χ3v) is 5.03. The maximum Gasteiger partial charge on any atom is 0.260 e. The van der Waals surface area contributed by atoms with Crippen LogP contribution in [0.1, 0.15) is 27.6 Å². The van der Waals surface area contributed by atoms with E-state index in [-0.39, 0.29) is 16.6 Å². The van der Waals surface area contributed by atoms with Crippen LogP contribution >= 0.6 is 35.4 Å². The van der Waals surface area contributed by atoms with Gasteiger partial charge >= 0.3 is 0 Å². The largest absolute Gasteiger partial charge is 0.332 e. The molecular formula is C23H19Cl2N3O2S. The molecule has 0 heterocycles. The molecule has 2 N–H and O–H groups in total. The van der Waals surface area contributed by atoms with E-state index in [1.165, 1.54) is 18.2 Å². The van der Waals surface area contributed by atoms with Crippen LogP contribution < -0.4 is 15.5 Å². The minimum atomic E-state index is -0.467. The molecule has 0 saturated heterocycles. The van der Waals surface area contributed by atoms with Gasteiger partial charge in [-0.05, 0) is 61.6 Å². The first-order valence-electron chi connectivity index (χ1n) is 9.43. The van der Waals surface area contributed by atoms with Gasteiger partial charge in [0.1, 0.15) is 0 Å². The van der Waals surface area contributed by atoms with E-state index in [2.05, 4.69) is 10.6 Å². The summed E-state index contributed by atoms with van der Waals surface area (Å²) in [5, 5.41) is 6.24. The molecule has 5 nitrogen and oxygen atoms in total. The summed E-state index contributed by atoms with van der Waals surface area (Å²) in [6.07, 6.45) is 0. The monoisotopic (exact) mass is 471 g/mol. The molecule has 0 atom stereocenters. The lowest BCUT2D eigenvalue weighted by atomic mass is 10.1. The molecule has 158 valence electrons. The Kier molecular flexibility index (Phi) is 7.63. The number of amides is 2. The Morgan fingerprint density at radius 2 is 1.55 bits per heavy atom. The second-order valence-electron chi connectivity index (χ2n) is 6.50. The molecule has 3 aromatic carbocycles. The summed E-state index contributed by atoms with van der Waals surface area (Å²) in [5.41, 5.74) is 1.97. The number of nitrogens with zero attached hydrogens (tertiary/aromatic N) is 1. The Morgan fingerprint density at radius 3 is 2.19 bits per heavy atom. The minimum Gasteiger partial charge on any atom is -0.332 e. The second kappa shape index (κ2) is 10.4. The quantitative estimate of drug-likeness (QED) is 0.462. The van der Waals surface area contributed by atoms with Crippen LogP contribution in [0.15, 0.2) is 72.8 Å². The summed E-state index contributed by atoms with van der Waals surface area (Å²) in [7, 11) is 0. The molecule has 0 aliphatic rings. The van der Waals surface area contributed by atoms with Crippen LogP contribution in [0.3, 0.4) is 0 Å². The number of anilines is 2. The number of rotatable bonds is 5. The Hall–Kier alpha value is -2.93. The van der Waals surface area contributed by atoms with Crippen molar-refractivity contribution in [1.82, 2.24) is 5.32 Å². The van der Waals surface area contributed by atoms with Crippen molar-refractivity contribution in [1.29, 1.82) is 0 Å². The average Bonchev–Trinajstić information content (AvgIpc) is 2.74. The van der Waals surface area contributed by atoms with Crippen molar-refractivity contribution in [3.05, 3.63) is 94.0 Å². The number of thiocarbonyl (C=S) groups is 1. The molecule has 31 heavy (non-hydrogen) atoms. The summed E-state index contributed by atoms with van der Waals surface area (Å²) in [4.78, 5) is 27.4. The standard InChI is InChI=1S/C23H19Cl2N3O2S/c1-2-28(18-8-4-3-5-9-18)22(30)19-10-6-7-11-20(19)26-23(31)27-21(29)15-12-16(24)14-17(25)13-15/h3-14H,2H2,1H3,(H2,26,27,29,31). The number of nitrogens with one attached hydrogen (secondary N) is 2.